The maximum absolute atomic E-state index is 13.4. The van der Waals surface area contributed by atoms with Crippen molar-refractivity contribution in [3.05, 3.63) is 71.0 Å². The van der Waals surface area contributed by atoms with Gasteiger partial charge in [0, 0.05) is 12.1 Å². The molecule has 0 unspecified atom stereocenters. The summed E-state index contributed by atoms with van der Waals surface area (Å²) < 4.78 is 13.4. The molecular weight excluding hydrogens is 273 g/mol. The van der Waals surface area contributed by atoms with Crippen LogP contribution in [0.15, 0.2) is 48.5 Å². The van der Waals surface area contributed by atoms with Crippen LogP contribution >= 0.6 is 0 Å². The topological polar surface area (TPSA) is 66.4 Å². The maximum atomic E-state index is 13.4. The first-order valence-corrected chi connectivity index (χ1v) is 6.43. The third-order valence-corrected chi connectivity index (χ3v) is 3.01. The average Bonchev–Trinajstić information content (AvgIpc) is 2.49. The van der Waals surface area contributed by atoms with Crippen molar-refractivity contribution < 1.29 is 19.1 Å². The fourth-order valence-electron chi connectivity index (χ4n) is 1.91. The zero-order valence-electron chi connectivity index (χ0n) is 11.2. The molecule has 2 rings (SSSR count). The molecule has 5 heteroatoms. The van der Waals surface area contributed by atoms with E-state index in [9.17, 15) is 14.0 Å². The van der Waals surface area contributed by atoms with Crippen LogP contribution in [0.5, 0.6) is 0 Å². The molecule has 0 radical (unpaired) electrons. The van der Waals surface area contributed by atoms with Gasteiger partial charge in [0.1, 0.15) is 5.82 Å². The van der Waals surface area contributed by atoms with Gasteiger partial charge in [0.15, 0.2) is 0 Å². The summed E-state index contributed by atoms with van der Waals surface area (Å²) in [4.78, 5) is 22.7. The predicted molar refractivity (Wildman–Crippen MR) is 75.8 cm³/mol. The third kappa shape index (κ3) is 3.89. The number of benzene rings is 2. The number of hydrogen-bond acceptors (Lipinski definition) is 2. The molecule has 0 aliphatic rings. The lowest BCUT2D eigenvalue weighted by molar-refractivity contribution is 0.0697. The van der Waals surface area contributed by atoms with Gasteiger partial charge in [0.25, 0.3) is 5.91 Å². The van der Waals surface area contributed by atoms with Crippen molar-refractivity contribution in [1.82, 2.24) is 5.32 Å². The van der Waals surface area contributed by atoms with Crippen LogP contribution in [0.2, 0.25) is 0 Å². The zero-order chi connectivity index (χ0) is 15.2. The van der Waals surface area contributed by atoms with E-state index in [1.54, 1.807) is 18.2 Å². The number of halogens is 1. The summed E-state index contributed by atoms with van der Waals surface area (Å²) >= 11 is 0. The Morgan fingerprint density at radius 3 is 2.48 bits per heavy atom. The third-order valence-electron chi connectivity index (χ3n) is 3.01. The SMILES string of the molecule is O=C(O)c1cccc(C(=O)NCCc2ccccc2F)c1. The maximum Gasteiger partial charge on any atom is 0.335 e. The summed E-state index contributed by atoms with van der Waals surface area (Å²) in [5.41, 5.74) is 0.845. The lowest BCUT2D eigenvalue weighted by Gasteiger charge is -2.06. The van der Waals surface area contributed by atoms with Gasteiger partial charge in [0.05, 0.1) is 5.56 Å². The standard InChI is InChI=1S/C16H14FNO3/c17-14-7-2-1-4-11(14)8-9-18-15(19)12-5-3-6-13(10-12)16(20)21/h1-7,10H,8-9H2,(H,18,19)(H,20,21). The van der Waals surface area contributed by atoms with Crippen molar-refractivity contribution in [2.75, 3.05) is 6.54 Å². The smallest absolute Gasteiger partial charge is 0.335 e. The summed E-state index contributed by atoms with van der Waals surface area (Å²) in [6, 6.07) is 12.1. The summed E-state index contributed by atoms with van der Waals surface area (Å²) in [6.45, 7) is 0.275. The van der Waals surface area contributed by atoms with E-state index < -0.39 is 5.97 Å². The second kappa shape index (κ2) is 6.65. The summed E-state index contributed by atoms with van der Waals surface area (Å²) in [5, 5.41) is 11.5. The Kier molecular flexibility index (Phi) is 4.66. The highest BCUT2D eigenvalue weighted by Gasteiger charge is 2.09. The van der Waals surface area contributed by atoms with Gasteiger partial charge < -0.3 is 10.4 Å². The van der Waals surface area contributed by atoms with Crippen LogP contribution in [-0.2, 0) is 6.42 Å². The highest BCUT2D eigenvalue weighted by molar-refractivity contribution is 5.97. The molecule has 108 valence electrons. The molecule has 0 saturated heterocycles. The molecule has 4 nitrogen and oxygen atoms in total. The van der Waals surface area contributed by atoms with Gasteiger partial charge in [-0.15, -0.1) is 0 Å². The lowest BCUT2D eigenvalue weighted by atomic mass is 10.1. The van der Waals surface area contributed by atoms with Crippen LogP contribution in [0.25, 0.3) is 0 Å². The number of rotatable bonds is 5. The summed E-state index contributed by atoms with van der Waals surface area (Å²) in [7, 11) is 0. The molecular formula is C16H14FNO3. The van der Waals surface area contributed by atoms with E-state index in [0.717, 1.165) is 0 Å². The van der Waals surface area contributed by atoms with Crippen LogP contribution in [0.3, 0.4) is 0 Å². The van der Waals surface area contributed by atoms with Crippen LogP contribution in [0, 0.1) is 5.82 Å². The van der Waals surface area contributed by atoms with Gasteiger partial charge in [-0.3, -0.25) is 4.79 Å². The molecule has 0 aliphatic heterocycles. The first kappa shape index (κ1) is 14.7. The van der Waals surface area contributed by atoms with E-state index in [1.807, 2.05) is 0 Å². The predicted octanol–water partition coefficient (Wildman–Crippen LogP) is 2.50. The van der Waals surface area contributed by atoms with Crippen molar-refractivity contribution in [2.45, 2.75) is 6.42 Å². The zero-order valence-corrected chi connectivity index (χ0v) is 11.2. The molecule has 0 spiro atoms. The number of carbonyl (C=O) groups excluding carboxylic acids is 1. The van der Waals surface area contributed by atoms with Gasteiger partial charge in [-0.25, -0.2) is 9.18 Å². The van der Waals surface area contributed by atoms with E-state index in [0.29, 0.717) is 12.0 Å². The molecule has 0 heterocycles. The van der Waals surface area contributed by atoms with Crippen LogP contribution in [0.1, 0.15) is 26.3 Å². The molecule has 0 bridgehead atoms. The summed E-state index contributed by atoms with van der Waals surface area (Å²) in [5.74, 6) is -1.77. The highest BCUT2D eigenvalue weighted by Crippen LogP contribution is 2.07. The molecule has 0 fully saturated rings. The fraction of sp³-hybridized carbons (Fsp3) is 0.125. The van der Waals surface area contributed by atoms with Crippen LogP contribution < -0.4 is 5.32 Å². The largest absolute Gasteiger partial charge is 0.478 e. The molecule has 0 atom stereocenters. The highest BCUT2D eigenvalue weighted by atomic mass is 19.1. The van der Waals surface area contributed by atoms with E-state index in [4.69, 9.17) is 5.11 Å². The van der Waals surface area contributed by atoms with E-state index in [-0.39, 0.29) is 29.4 Å². The van der Waals surface area contributed by atoms with Crippen molar-refractivity contribution in [3.8, 4) is 0 Å². The van der Waals surface area contributed by atoms with Crippen LogP contribution in [0.4, 0.5) is 4.39 Å². The molecule has 2 aromatic rings. The van der Waals surface area contributed by atoms with Crippen molar-refractivity contribution in [2.24, 2.45) is 0 Å². The number of carbonyl (C=O) groups is 2. The average molecular weight is 287 g/mol. The normalized spacial score (nSPS) is 10.1. The molecule has 2 N–H and O–H groups in total. The molecule has 0 saturated carbocycles. The number of hydrogen-bond donors (Lipinski definition) is 2. The first-order valence-electron chi connectivity index (χ1n) is 6.43. The Hall–Kier alpha value is -2.69. The molecule has 2 aromatic carbocycles. The van der Waals surface area contributed by atoms with E-state index in [2.05, 4.69) is 5.32 Å². The molecule has 0 aromatic heterocycles. The Bertz CT molecular complexity index is 670. The Morgan fingerprint density at radius 1 is 1.05 bits per heavy atom. The number of carboxylic acids is 1. The molecule has 0 aliphatic carbocycles. The number of carboxylic acid groups (broad SMARTS) is 1. The Labute approximate surface area is 121 Å². The Balaban J connectivity index is 1.95. The minimum atomic E-state index is -1.09. The van der Waals surface area contributed by atoms with Gasteiger partial charge in [-0.05, 0) is 36.2 Å². The second-order valence-electron chi connectivity index (χ2n) is 4.48. The van der Waals surface area contributed by atoms with Gasteiger partial charge in [-0.1, -0.05) is 24.3 Å². The van der Waals surface area contributed by atoms with Crippen LogP contribution in [-0.4, -0.2) is 23.5 Å². The van der Waals surface area contributed by atoms with Crippen molar-refractivity contribution >= 4 is 11.9 Å². The number of nitrogens with one attached hydrogen (secondary N) is 1. The van der Waals surface area contributed by atoms with Crippen molar-refractivity contribution in [3.63, 3.8) is 0 Å². The fourth-order valence-corrected chi connectivity index (χ4v) is 1.91. The van der Waals surface area contributed by atoms with Crippen molar-refractivity contribution in [1.29, 1.82) is 0 Å². The minimum Gasteiger partial charge on any atom is -0.478 e. The quantitative estimate of drug-likeness (QED) is 0.888. The molecule has 21 heavy (non-hydrogen) atoms. The van der Waals surface area contributed by atoms with Gasteiger partial charge in [0.2, 0.25) is 0 Å². The monoisotopic (exact) mass is 287 g/mol. The van der Waals surface area contributed by atoms with E-state index in [1.165, 1.54) is 30.3 Å². The number of amides is 1. The minimum absolute atomic E-state index is 0.0525. The van der Waals surface area contributed by atoms with Gasteiger partial charge >= 0.3 is 5.97 Å². The summed E-state index contributed by atoms with van der Waals surface area (Å²) in [6.07, 6.45) is 0.372. The first-order chi connectivity index (χ1) is 10.1. The van der Waals surface area contributed by atoms with Gasteiger partial charge in [-0.2, -0.15) is 0 Å². The Morgan fingerprint density at radius 2 is 1.76 bits per heavy atom. The van der Waals surface area contributed by atoms with E-state index >= 15 is 0 Å². The molecule has 1 amide bonds. The lowest BCUT2D eigenvalue weighted by Crippen LogP contribution is -2.26. The second-order valence-corrected chi connectivity index (χ2v) is 4.48. The number of aromatic carboxylic acids is 1.